The molecule has 2 aromatic heterocycles. The summed E-state index contributed by atoms with van der Waals surface area (Å²) in [5, 5.41) is 4.23. The highest BCUT2D eigenvalue weighted by Gasteiger charge is 2.34. The van der Waals surface area contributed by atoms with Crippen molar-refractivity contribution in [3.8, 4) is 0 Å². The number of hydrogen-bond donors (Lipinski definition) is 0. The summed E-state index contributed by atoms with van der Waals surface area (Å²) in [5.41, 5.74) is 2.06. The van der Waals surface area contributed by atoms with Gasteiger partial charge in [-0.3, -0.25) is 9.88 Å². The maximum atomic E-state index is 13.8. The van der Waals surface area contributed by atoms with Crippen molar-refractivity contribution in [2.75, 3.05) is 44.2 Å². The minimum Gasteiger partial charge on any atom is -0.368 e. The molecule has 0 saturated carbocycles. The van der Waals surface area contributed by atoms with Crippen molar-refractivity contribution >= 4 is 48.0 Å². The normalized spacial score (nSPS) is 20.3. The van der Waals surface area contributed by atoms with Gasteiger partial charge in [-0.05, 0) is 73.7 Å². The van der Waals surface area contributed by atoms with Crippen LogP contribution in [0.4, 0.5) is 5.69 Å². The topological polar surface area (TPSA) is 56.8 Å². The van der Waals surface area contributed by atoms with E-state index in [1.54, 1.807) is 34.0 Å². The summed E-state index contributed by atoms with van der Waals surface area (Å²) in [7, 11) is -3.58. The second kappa shape index (κ2) is 10.1. The number of anilines is 1. The Balaban J connectivity index is 1.13. The van der Waals surface area contributed by atoms with Gasteiger partial charge in [-0.2, -0.15) is 4.31 Å². The van der Waals surface area contributed by atoms with E-state index in [1.165, 1.54) is 15.8 Å². The monoisotopic (exact) mass is 520 g/mol. The van der Waals surface area contributed by atoms with E-state index in [9.17, 15) is 8.42 Å². The lowest BCUT2D eigenvalue weighted by Crippen LogP contribution is -2.49. The van der Waals surface area contributed by atoms with Crippen LogP contribution in [0.5, 0.6) is 0 Å². The van der Waals surface area contributed by atoms with Crippen molar-refractivity contribution < 1.29 is 8.42 Å². The van der Waals surface area contributed by atoms with Crippen LogP contribution in [-0.2, 0) is 10.0 Å². The molecule has 1 atom stereocenters. The molecule has 2 aromatic carbocycles. The van der Waals surface area contributed by atoms with Gasteiger partial charge in [0.1, 0.15) is 0 Å². The molecule has 0 radical (unpaired) electrons. The van der Waals surface area contributed by atoms with E-state index >= 15 is 0 Å². The van der Waals surface area contributed by atoms with Crippen molar-refractivity contribution in [1.82, 2.24) is 14.2 Å². The number of piperazine rings is 1. The first-order valence-electron chi connectivity index (χ1n) is 12.9. The third kappa shape index (κ3) is 4.52. The van der Waals surface area contributed by atoms with Gasteiger partial charge in [0.25, 0.3) is 0 Å². The van der Waals surface area contributed by atoms with Gasteiger partial charge in [0.15, 0.2) is 0 Å². The van der Waals surface area contributed by atoms with Crippen molar-refractivity contribution in [2.24, 2.45) is 0 Å². The summed E-state index contributed by atoms with van der Waals surface area (Å²) in [6.07, 6.45) is 5.53. The van der Waals surface area contributed by atoms with Crippen LogP contribution >= 0.6 is 11.3 Å². The first-order chi connectivity index (χ1) is 17.6. The Hall–Kier alpha value is -2.52. The fourth-order valence-electron chi connectivity index (χ4n) is 5.80. The van der Waals surface area contributed by atoms with Crippen molar-refractivity contribution in [3.05, 3.63) is 66.2 Å². The van der Waals surface area contributed by atoms with Gasteiger partial charge >= 0.3 is 0 Å². The minimum absolute atomic E-state index is 0.0493. The van der Waals surface area contributed by atoms with Gasteiger partial charge in [-0.15, -0.1) is 11.3 Å². The van der Waals surface area contributed by atoms with Crippen molar-refractivity contribution in [2.45, 2.75) is 36.6 Å². The van der Waals surface area contributed by atoms with Crippen molar-refractivity contribution in [3.63, 3.8) is 0 Å². The number of thiophene rings is 1. The van der Waals surface area contributed by atoms with Crippen LogP contribution in [0.1, 0.15) is 25.7 Å². The molecule has 1 unspecified atom stereocenters. The minimum atomic E-state index is -3.58. The van der Waals surface area contributed by atoms with Gasteiger partial charge < -0.3 is 4.90 Å². The number of fused-ring (bicyclic) bond motifs is 2. The molecule has 188 valence electrons. The van der Waals surface area contributed by atoms with E-state index in [0.29, 0.717) is 16.8 Å². The van der Waals surface area contributed by atoms with Gasteiger partial charge in [-0.25, -0.2) is 8.42 Å². The fraction of sp³-hybridized carbons (Fsp3) is 0.393. The van der Waals surface area contributed by atoms with Crippen LogP contribution in [-0.4, -0.2) is 67.9 Å². The van der Waals surface area contributed by atoms with Gasteiger partial charge in [-0.1, -0.05) is 18.6 Å². The number of pyridine rings is 1. The quantitative estimate of drug-likeness (QED) is 0.350. The third-order valence-electron chi connectivity index (χ3n) is 7.73. The predicted molar refractivity (Wildman–Crippen MR) is 148 cm³/mol. The van der Waals surface area contributed by atoms with Crippen LogP contribution in [0.3, 0.4) is 0 Å². The first kappa shape index (κ1) is 23.9. The average molecular weight is 521 g/mol. The summed E-state index contributed by atoms with van der Waals surface area (Å²) < 4.78 is 30.8. The van der Waals surface area contributed by atoms with Crippen LogP contribution in [0.25, 0.3) is 21.0 Å². The number of sulfonamides is 1. The number of aromatic nitrogens is 1. The molecule has 2 saturated heterocycles. The fourth-order valence-corrected chi connectivity index (χ4v) is 8.54. The molecule has 2 aliphatic rings. The number of piperidine rings is 1. The lowest BCUT2D eigenvalue weighted by Gasteiger charge is -2.39. The lowest BCUT2D eigenvalue weighted by atomic mass is 10.0. The SMILES string of the molecule is O=S(=O)(c1cccc2ncccc12)N1CCCCC1CCN1CCN(c2cccc3sccc23)CC1. The first-order valence-corrected chi connectivity index (χ1v) is 15.2. The van der Waals surface area contributed by atoms with E-state index in [1.807, 2.05) is 18.2 Å². The summed E-state index contributed by atoms with van der Waals surface area (Å²) in [4.78, 5) is 9.75. The molecule has 4 aromatic rings. The highest BCUT2D eigenvalue weighted by atomic mass is 32.2. The zero-order valence-electron chi connectivity index (χ0n) is 20.4. The molecule has 0 N–H and O–H groups in total. The van der Waals surface area contributed by atoms with Gasteiger partial charge in [0.05, 0.1) is 10.4 Å². The molecule has 36 heavy (non-hydrogen) atoms. The van der Waals surface area contributed by atoms with Gasteiger partial charge in [0.2, 0.25) is 10.0 Å². The molecule has 4 heterocycles. The third-order valence-corrected chi connectivity index (χ3v) is 10.6. The maximum Gasteiger partial charge on any atom is 0.243 e. The van der Waals surface area contributed by atoms with E-state index in [2.05, 4.69) is 44.4 Å². The number of hydrogen-bond acceptors (Lipinski definition) is 6. The zero-order valence-corrected chi connectivity index (χ0v) is 22.1. The van der Waals surface area contributed by atoms with Crippen LogP contribution < -0.4 is 4.90 Å². The Labute approximate surface area is 217 Å². The second-order valence-electron chi connectivity index (χ2n) is 9.82. The number of benzene rings is 2. The van der Waals surface area contributed by atoms with E-state index < -0.39 is 10.0 Å². The molecule has 0 amide bonds. The molecule has 0 bridgehead atoms. The largest absolute Gasteiger partial charge is 0.368 e. The van der Waals surface area contributed by atoms with Crippen LogP contribution in [0.15, 0.2) is 71.1 Å². The molecule has 6 nitrogen and oxygen atoms in total. The smallest absolute Gasteiger partial charge is 0.243 e. The van der Waals surface area contributed by atoms with Crippen LogP contribution in [0.2, 0.25) is 0 Å². The standard InChI is InChI=1S/C28H32N4O2S2/c33-36(34,28-11-3-8-25-23(28)7-5-14-29-25)32-15-2-1-6-22(32)12-16-30-17-19-31(20-18-30)26-9-4-10-27-24(26)13-21-35-27/h3-5,7-11,13-14,21-22H,1-2,6,12,15-20H2. The van der Waals surface area contributed by atoms with Gasteiger partial charge in [0, 0.05) is 66.1 Å². The summed E-state index contributed by atoms with van der Waals surface area (Å²) in [5.74, 6) is 0. The molecule has 8 heteroatoms. The van der Waals surface area contributed by atoms with Crippen molar-refractivity contribution in [1.29, 1.82) is 0 Å². The van der Waals surface area contributed by atoms with E-state index in [-0.39, 0.29) is 6.04 Å². The predicted octanol–water partition coefficient (Wildman–Crippen LogP) is 5.21. The van der Waals surface area contributed by atoms with E-state index in [0.717, 1.165) is 63.9 Å². The molecule has 2 fully saturated rings. The lowest BCUT2D eigenvalue weighted by molar-refractivity contribution is 0.193. The van der Waals surface area contributed by atoms with Crippen LogP contribution in [0, 0.1) is 0 Å². The molecular formula is C28H32N4O2S2. The van der Waals surface area contributed by atoms with E-state index in [4.69, 9.17) is 0 Å². The second-order valence-corrected chi connectivity index (χ2v) is 12.6. The zero-order chi connectivity index (χ0) is 24.5. The molecule has 0 aliphatic carbocycles. The highest BCUT2D eigenvalue weighted by Crippen LogP contribution is 2.32. The Morgan fingerprint density at radius 1 is 0.889 bits per heavy atom. The Morgan fingerprint density at radius 2 is 1.75 bits per heavy atom. The Bertz CT molecular complexity index is 1460. The summed E-state index contributed by atoms with van der Waals surface area (Å²) >= 11 is 1.80. The Morgan fingerprint density at radius 3 is 2.64 bits per heavy atom. The summed E-state index contributed by atoms with van der Waals surface area (Å²) in [6, 6.07) is 18.0. The Kier molecular flexibility index (Phi) is 6.69. The molecule has 0 spiro atoms. The molecule has 6 rings (SSSR count). The molecular weight excluding hydrogens is 488 g/mol. The highest BCUT2D eigenvalue weighted by molar-refractivity contribution is 7.89. The maximum absolute atomic E-state index is 13.8. The number of rotatable bonds is 6. The number of nitrogens with zero attached hydrogens (tertiary/aromatic N) is 4. The average Bonchev–Trinajstić information content (AvgIpc) is 3.41. The molecule has 2 aliphatic heterocycles. The summed E-state index contributed by atoms with van der Waals surface area (Å²) in [6.45, 7) is 5.56.